The van der Waals surface area contributed by atoms with Crippen LogP contribution in [-0.4, -0.2) is 53.4 Å². The van der Waals surface area contributed by atoms with Crippen molar-refractivity contribution in [2.45, 2.75) is 12.8 Å². The number of allylic oxidation sites excluding steroid dienone is 1. The van der Waals surface area contributed by atoms with Crippen LogP contribution in [0.1, 0.15) is 22.4 Å². The second-order valence-electron chi connectivity index (χ2n) is 8.57. The lowest BCUT2D eigenvalue weighted by Gasteiger charge is -2.35. The molecule has 5 rings (SSSR count). The third-order valence-electron chi connectivity index (χ3n) is 6.21. The van der Waals surface area contributed by atoms with Crippen LogP contribution in [0.15, 0.2) is 54.9 Å². The summed E-state index contributed by atoms with van der Waals surface area (Å²) in [4.78, 5) is 25.4. The van der Waals surface area contributed by atoms with Crippen LogP contribution >= 0.6 is 0 Å². The van der Waals surface area contributed by atoms with Gasteiger partial charge in [0.25, 0.3) is 0 Å². The Morgan fingerprint density at radius 3 is 2.35 bits per heavy atom. The molecule has 1 N–H and O–H groups in total. The summed E-state index contributed by atoms with van der Waals surface area (Å²) >= 11 is 0. The highest BCUT2D eigenvalue weighted by molar-refractivity contribution is 5.91. The number of rotatable bonds is 4. The van der Waals surface area contributed by atoms with Gasteiger partial charge in [0.05, 0.1) is 17.3 Å². The highest BCUT2D eigenvalue weighted by atomic mass is 19.4. The van der Waals surface area contributed by atoms with Gasteiger partial charge < -0.3 is 19.9 Å². The van der Waals surface area contributed by atoms with Crippen molar-refractivity contribution in [1.82, 2.24) is 14.9 Å². The SMILES string of the molecule is N#Cc1ccc(C2=Cc3c(ncnc3N3CCN(C(=O)Nc4ccc(OC(F)(F)F)cc4)CC3)C2)cc1. The lowest BCUT2D eigenvalue weighted by Crippen LogP contribution is -2.50. The normalized spacial score (nSPS) is 15.0. The molecule has 1 fully saturated rings. The standard InChI is InChI=1S/C26H21F3N6O2/c27-26(28,29)37-21-7-5-20(6-8-21)33-25(36)35-11-9-34(10-12-35)24-22-13-19(14-23(22)31-16-32-24)18-3-1-17(15-30)2-4-18/h1-8,13,16H,9-12,14H2,(H,33,36). The summed E-state index contributed by atoms with van der Waals surface area (Å²) in [6, 6.07) is 14.2. The van der Waals surface area contributed by atoms with E-state index in [-0.39, 0.29) is 11.8 Å². The van der Waals surface area contributed by atoms with E-state index in [0.29, 0.717) is 43.9 Å². The number of carbonyl (C=O) groups excluding carboxylic acids is 1. The number of benzene rings is 2. The number of fused-ring (bicyclic) bond motifs is 1. The van der Waals surface area contributed by atoms with Crippen LogP contribution in [0.2, 0.25) is 0 Å². The Morgan fingerprint density at radius 2 is 1.70 bits per heavy atom. The lowest BCUT2D eigenvalue weighted by atomic mass is 10.0. The zero-order valence-corrected chi connectivity index (χ0v) is 19.5. The predicted molar refractivity (Wildman–Crippen MR) is 131 cm³/mol. The number of aromatic nitrogens is 2. The van der Waals surface area contributed by atoms with Crippen LogP contribution in [0.25, 0.3) is 11.6 Å². The van der Waals surface area contributed by atoms with Gasteiger partial charge in [-0.05, 0) is 53.6 Å². The van der Waals surface area contributed by atoms with Crippen molar-refractivity contribution >= 4 is 29.2 Å². The summed E-state index contributed by atoms with van der Waals surface area (Å²) < 4.78 is 40.8. The predicted octanol–water partition coefficient (Wildman–Crippen LogP) is 4.70. The first-order chi connectivity index (χ1) is 17.8. The van der Waals surface area contributed by atoms with Crippen molar-refractivity contribution in [2.75, 3.05) is 36.4 Å². The minimum absolute atomic E-state index is 0.333. The van der Waals surface area contributed by atoms with Crippen molar-refractivity contribution in [3.8, 4) is 11.8 Å². The Morgan fingerprint density at radius 1 is 1.00 bits per heavy atom. The second kappa shape index (κ2) is 9.81. The molecule has 0 saturated carbocycles. The van der Waals surface area contributed by atoms with Gasteiger partial charge in [0.1, 0.15) is 17.9 Å². The number of urea groups is 1. The summed E-state index contributed by atoms with van der Waals surface area (Å²) in [5.41, 5.74) is 5.00. The van der Waals surface area contributed by atoms with Crippen molar-refractivity contribution in [3.63, 3.8) is 0 Å². The number of hydrogen-bond donors (Lipinski definition) is 1. The van der Waals surface area contributed by atoms with Gasteiger partial charge in [0, 0.05) is 43.9 Å². The molecule has 0 spiro atoms. The first-order valence-corrected chi connectivity index (χ1v) is 11.5. The van der Waals surface area contributed by atoms with E-state index < -0.39 is 6.36 Å². The number of ether oxygens (including phenoxy) is 1. The molecule has 1 aliphatic carbocycles. The molecule has 188 valence electrons. The molecule has 0 radical (unpaired) electrons. The summed E-state index contributed by atoms with van der Waals surface area (Å²) in [6.45, 7) is 2.03. The van der Waals surface area contributed by atoms with Gasteiger partial charge in [-0.25, -0.2) is 14.8 Å². The van der Waals surface area contributed by atoms with E-state index in [9.17, 15) is 18.0 Å². The topological polar surface area (TPSA) is 94.4 Å². The molecule has 3 aromatic rings. The third-order valence-corrected chi connectivity index (χ3v) is 6.21. The number of halogens is 3. The number of nitrogens with zero attached hydrogens (tertiary/aromatic N) is 5. The van der Waals surface area contributed by atoms with E-state index in [1.165, 1.54) is 12.1 Å². The molecular weight excluding hydrogens is 485 g/mol. The molecule has 11 heteroatoms. The first-order valence-electron chi connectivity index (χ1n) is 11.5. The maximum Gasteiger partial charge on any atom is 0.573 e. The lowest BCUT2D eigenvalue weighted by molar-refractivity contribution is -0.274. The summed E-state index contributed by atoms with van der Waals surface area (Å²) in [6.07, 6.45) is -0.465. The molecule has 0 bridgehead atoms. The van der Waals surface area contributed by atoms with Gasteiger partial charge in [-0.1, -0.05) is 12.1 Å². The zero-order valence-electron chi connectivity index (χ0n) is 19.5. The van der Waals surface area contributed by atoms with E-state index in [0.717, 1.165) is 40.3 Å². The Kier molecular flexibility index (Phi) is 6.40. The number of nitrogens with one attached hydrogen (secondary N) is 1. The smallest absolute Gasteiger partial charge is 0.406 e. The van der Waals surface area contributed by atoms with E-state index in [2.05, 4.69) is 37.1 Å². The van der Waals surface area contributed by atoms with Crippen molar-refractivity contribution in [2.24, 2.45) is 0 Å². The number of anilines is 2. The maximum atomic E-state index is 12.7. The number of hydrogen-bond acceptors (Lipinski definition) is 6. The van der Waals surface area contributed by atoms with Crippen LogP contribution in [-0.2, 0) is 6.42 Å². The zero-order chi connectivity index (χ0) is 26.0. The fourth-order valence-electron chi connectivity index (χ4n) is 4.38. The monoisotopic (exact) mass is 506 g/mol. The van der Waals surface area contributed by atoms with Gasteiger partial charge in [-0.2, -0.15) is 5.26 Å². The Hall–Kier alpha value is -4.59. The Bertz CT molecular complexity index is 1370. The van der Waals surface area contributed by atoms with Gasteiger partial charge in [-0.15, -0.1) is 13.2 Å². The quantitative estimate of drug-likeness (QED) is 0.552. The van der Waals surface area contributed by atoms with Crippen LogP contribution in [0.4, 0.5) is 29.5 Å². The molecule has 2 aliphatic rings. The van der Waals surface area contributed by atoms with E-state index in [1.807, 2.05) is 12.1 Å². The molecule has 1 aromatic heterocycles. The van der Waals surface area contributed by atoms with E-state index >= 15 is 0 Å². The van der Waals surface area contributed by atoms with E-state index in [1.54, 1.807) is 23.4 Å². The van der Waals surface area contributed by atoms with Crippen LogP contribution in [0.5, 0.6) is 5.75 Å². The average Bonchev–Trinajstić information content (AvgIpc) is 3.34. The number of piperazine rings is 1. The molecule has 2 heterocycles. The number of carbonyl (C=O) groups is 1. The maximum absolute atomic E-state index is 12.7. The summed E-state index contributed by atoms with van der Waals surface area (Å²) in [5, 5.41) is 11.7. The molecule has 1 saturated heterocycles. The summed E-state index contributed by atoms with van der Waals surface area (Å²) in [7, 11) is 0. The Balaban J connectivity index is 1.21. The first kappa shape index (κ1) is 24.1. The van der Waals surface area contributed by atoms with Crippen molar-refractivity contribution < 1.29 is 22.7 Å². The molecule has 1 aliphatic heterocycles. The van der Waals surface area contributed by atoms with Crippen LogP contribution in [0.3, 0.4) is 0 Å². The van der Waals surface area contributed by atoms with E-state index in [4.69, 9.17) is 5.26 Å². The largest absolute Gasteiger partial charge is 0.573 e. The molecular formula is C26H21F3N6O2. The van der Waals surface area contributed by atoms with Crippen molar-refractivity contribution in [1.29, 1.82) is 5.26 Å². The number of amides is 2. The van der Waals surface area contributed by atoms with Crippen LogP contribution in [0, 0.1) is 11.3 Å². The fourth-order valence-corrected chi connectivity index (χ4v) is 4.38. The average molecular weight is 506 g/mol. The number of nitriles is 1. The highest BCUT2D eigenvalue weighted by Crippen LogP contribution is 2.35. The minimum atomic E-state index is -4.77. The van der Waals surface area contributed by atoms with Crippen LogP contribution < -0.4 is 15.0 Å². The molecule has 0 atom stereocenters. The fraction of sp³-hybridized carbons (Fsp3) is 0.231. The van der Waals surface area contributed by atoms with Crippen molar-refractivity contribution in [3.05, 3.63) is 77.2 Å². The summed E-state index contributed by atoms with van der Waals surface area (Å²) in [5.74, 6) is 0.460. The highest BCUT2D eigenvalue weighted by Gasteiger charge is 2.31. The van der Waals surface area contributed by atoms with Gasteiger partial charge in [0.15, 0.2) is 0 Å². The molecule has 37 heavy (non-hydrogen) atoms. The minimum Gasteiger partial charge on any atom is -0.406 e. The molecule has 2 aromatic carbocycles. The molecule has 0 unspecified atom stereocenters. The Labute approximate surface area is 210 Å². The second-order valence-corrected chi connectivity index (χ2v) is 8.57. The molecule has 8 nitrogen and oxygen atoms in total. The van der Waals surface area contributed by atoms with Gasteiger partial charge >= 0.3 is 12.4 Å². The third kappa shape index (κ3) is 5.48. The van der Waals surface area contributed by atoms with Gasteiger partial charge in [-0.3, -0.25) is 0 Å². The number of alkyl halides is 3. The molecule has 2 amide bonds. The van der Waals surface area contributed by atoms with Gasteiger partial charge in [0.2, 0.25) is 0 Å².